The Bertz CT molecular complexity index is 100. The molecule has 0 saturated carbocycles. The first-order chi connectivity index (χ1) is 2.00. The molecular formula is H3NNa4O4S+2. The molecule has 0 aliphatic heterocycles. The zero-order valence-corrected chi connectivity index (χ0v) is 15.6. The van der Waals surface area contributed by atoms with E-state index in [1.54, 1.807) is 0 Å². The van der Waals surface area contributed by atoms with Crippen LogP contribution < -0.4 is 124 Å². The predicted molar refractivity (Wildman–Crippen MR) is 15.5 cm³/mol. The molecule has 0 fully saturated rings. The summed E-state index contributed by atoms with van der Waals surface area (Å²) in [6.07, 6.45) is 0. The average molecular weight is 205 g/mol. The van der Waals surface area contributed by atoms with Crippen LogP contribution in [0.15, 0.2) is 0 Å². The summed E-state index contributed by atoms with van der Waals surface area (Å²) in [4.78, 5) is 0. The van der Waals surface area contributed by atoms with Gasteiger partial charge in [-0.2, -0.15) is 0 Å². The van der Waals surface area contributed by atoms with E-state index >= 15 is 0 Å². The fourth-order valence-corrected chi connectivity index (χ4v) is 0. The van der Waals surface area contributed by atoms with Gasteiger partial charge in [0.2, 0.25) is 0 Å². The van der Waals surface area contributed by atoms with Crippen molar-refractivity contribution in [2.24, 2.45) is 0 Å². The van der Waals surface area contributed by atoms with Gasteiger partial charge in [0.05, 0.1) is 0 Å². The Labute approximate surface area is 149 Å². The molecule has 0 rings (SSSR count). The molecule has 0 spiro atoms. The fraction of sp³-hybridized carbons (Fsp3) is 0. The van der Waals surface area contributed by atoms with Crippen LogP contribution in [0, 0.1) is 0 Å². The van der Waals surface area contributed by atoms with Crippen molar-refractivity contribution < 1.29 is 136 Å². The first-order valence-corrected chi connectivity index (χ1v) is 2.00. The van der Waals surface area contributed by atoms with Crippen molar-refractivity contribution in [2.75, 3.05) is 0 Å². The van der Waals surface area contributed by atoms with Gasteiger partial charge in [0.1, 0.15) is 0 Å². The van der Waals surface area contributed by atoms with Gasteiger partial charge in [-0.1, -0.05) is 0 Å². The summed E-state index contributed by atoms with van der Waals surface area (Å²) in [5.74, 6) is 0. The van der Waals surface area contributed by atoms with Crippen LogP contribution in [0.5, 0.6) is 0 Å². The number of rotatable bonds is 0. The largest absolute Gasteiger partial charge is 1.00 e. The van der Waals surface area contributed by atoms with E-state index in [0.29, 0.717) is 0 Å². The van der Waals surface area contributed by atoms with Gasteiger partial charge in [-0.05, 0) is 0 Å². The number of hydrogen-bond acceptors (Lipinski definition) is 5. The summed E-state index contributed by atoms with van der Waals surface area (Å²) >= 11 is 0. The van der Waals surface area contributed by atoms with Crippen LogP contribution in [0.1, 0.15) is 0 Å². The van der Waals surface area contributed by atoms with E-state index < -0.39 is 10.4 Å². The summed E-state index contributed by atoms with van der Waals surface area (Å²) < 4.78 is 34.1. The minimum atomic E-state index is -5.17. The second kappa shape index (κ2) is 18.6. The van der Waals surface area contributed by atoms with Crippen molar-refractivity contribution in [3.8, 4) is 0 Å². The minimum absolute atomic E-state index is 0. The summed E-state index contributed by atoms with van der Waals surface area (Å²) in [5, 5.41) is 0. The molecule has 0 aromatic carbocycles. The van der Waals surface area contributed by atoms with Crippen molar-refractivity contribution >= 4 is 10.4 Å². The smallest absolute Gasteiger partial charge is 0.759 e. The third kappa shape index (κ3) is 94.6. The minimum Gasteiger partial charge on any atom is -0.759 e. The Morgan fingerprint density at radius 2 is 0.800 bits per heavy atom. The van der Waals surface area contributed by atoms with Crippen LogP contribution in [0.4, 0.5) is 0 Å². The maximum Gasteiger partial charge on any atom is 1.00 e. The van der Waals surface area contributed by atoms with Crippen LogP contribution in [0.3, 0.4) is 0 Å². The van der Waals surface area contributed by atoms with Gasteiger partial charge >= 0.3 is 118 Å². The van der Waals surface area contributed by atoms with Gasteiger partial charge in [-0.3, -0.25) is 8.42 Å². The molecule has 40 valence electrons. The van der Waals surface area contributed by atoms with Crippen LogP contribution in [-0.2, 0) is 10.4 Å². The second-order valence-electron chi connectivity index (χ2n) is 0.408. The molecule has 0 aliphatic rings. The van der Waals surface area contributed by atoms with E-state index in [2.05, 4.69) is 0 Å². The standard InChI is InChI=1S/H3N.4Na.H2O4S/c;;;;;1-5(2,3)4/h1H3;;;;;(H2,1,2,3,4)/q;4*+1;/p-2. The SMILES string of the molecule is N.O=S(=O)([O-])[O-].[Na+].[Na+].[Na+].[Na+]. The van der Waals surface area contributed by atoms with E-state index in [1.165, 1.54) is 0 Å². The van der Waals surface area contributed by atoms with Crippen molar-refractivity contribution in [3.05, 3.63) is 0 Å². The average Bonchev–Trinajstić information content (AvgIpc) is 0.722. The van der Waals surface area contributed by atoms with Crippen LogP contribution in [0.2, 0.25) is 0 Å². The Morgan fingerprint density at radius 3 is 0.800 bits per heavy atom. The van der Waals surface area contributed by atoms with Gasteiger partial charge in [0, 0.05) is 10.4 Å². The van der Waals surface area contributed by atoms with Gasteiger partial charge in [0.15, 0.2) is 0 Å². The molecule has 0 unspecified atom stereocenters. The van der Waals surface area contributed by atoms with E-state index in [9.17, 15) is 0 Å². The normalized spacial score (nSPS) is 5.80. The molecule has 0 heterocycles. The summed E-state index contributed by atoms with van der Waals surface area (Å²) in [7, 11) is -5.17. The van der Waals surface area contributed by atoms with Crippen LogP contribution >= 0.6 is 0 Å². The summed E-state index contributed by atoms with van der Waals surface area (Å²) in [5.41, 5.74) is 0. The third-order valence-electron chi connectivity index (χ3n) is 0. The maximum absolute atomic E-state index is 8.52. The topological polar surface area (TPSA) is 115 Å². The first-order valence-electron chi connectivity index (χ1n) is 0.667. The molecule has 0 aliphatic carbocycles. The first kappa shape index (κ1) is 37.1. The van der Waals surface area contributed by atoms with Crippen molar-refractivity contribution in [2.45, 2.75) is 0 Å². The van der Waals surface area contributed by atoms with Crippen LogP contribution in [-0.4, -0.2) is 17.5 Å². The molecule has 0 aromatic rings. The van der Waals surface area contributed by atoms with Gasteiger partial charge in [-0.25, -0.2) is 0 Å². The van der Waals surface area contributed by atoms with Crippen molar-refractivity contribution in [3.63, 3.8) is 0 Å². The zero-order valence-electron chi connectivity index (χ0n) is 6.75. The Hall–Kier alpha value is 3.83. The van der Waals surface area contributed by atoms with Gasteiger partial charge < -0.3 is 15.3 Å². The van der Waals surface area contributed by atoms with Crippen molar-refractivity contribution in [1.29, 1.82) is 0 Å². The number of hydrogen-bond donors (Lipinski definition) is 1. The quantitative estimate of drug-likeness (QED) is 0.239. The second-order valence-corrected chi connectivity index (χ2v) is 1.22. The summed E-state index contributed by atoms with van der Waals surface area (Å²) in [6.45, 7) is 0. The monoisotopic (exact) mass is 205 g/mol. The van der Waals surface area contributed by atoms with Crippen molar-refractivity contribution in [1.82, 2.24) is 6.15 Å². The van der Waals surface area contributed by atoms with E-state index in [-0.39, 0.29) is 124 Å². The Balaban J connectivity index is -0.00000000800. The maximum atomic E-state index is 8.52. The molecule has 0 radical (unpaired) electrons. The predicted octanol–water partition coefficient (Wildman–Crippen LogP) is -13.2. The molecular weight excluding hydrogens is 202 g/mol. The molecule has 0 amide bonds. The molecule has 5 nitrogen and oxygen atoms in total. The molecule has 3 N–H and O–H groups in total. The van der Waals surface area contributed by atoms with Gasteiger partial charge in [-0.15, -0.1) is 0 Å². The molecule has 0 atom stereocenters. The zero-order chi connectivity index (χ0) is 4.50. The van der Waals surface area contributed by atoms with E-state index in [1.807, 2.05) is 0 Å². The Kier molecular flexibility index (Phi) is 69.0. The van der Waals surface area contributed by atoms with E-state index in [4.69, 9.17) is 17.5 Å². The fourth-order valence-electron chi connectivity index (χ4n) is 0. The molecule has 10 heavy (non-hydrogen) atoms. The van der Waals surface area contributed by atoms with Gasteiger partial charge in [0.25, 0.3) is 0 Å². The third-order valence-corrected chi connectivity index (χ3v) is 0. The van der Waals surface area contributed by atoms with Crippen LogP contribution in [0.25, 0.3) is 0 Å². The molecule has 10 heteroatoms. The molecule has 0 bridgehead atoms. The summed E-state index contributed by atoms with van der Waals surface area (Å²) in [6, 6.07) is 0. The molecule has 0 aromatic heterocycles. The van der Waals surface area contributed by atoms with E-state index in [0.717, 1.165) is 0 Å². The Morgan fingerprint density at radius 1 is 0.800 bits per heavy atom. The molecule has 0 saturated heterocycles.